The number of hydrogen-bond acceptors (Lipinski definition) is 4. The van der Waals surface area contributed by atoms with Crippen LogP contribution < -0.4 is 4.74 Å². The van der Waals surface area contributed by atoms with Crippen molar-refractivity contribution in [2.24, 2.45) is 0 Å². The van der Waals surface area contributed by atoms with Crippen molar-refractivity contribution >= 4 is 53.3 Å². The Morgan fingerprint density at radius 2 is 1.45 bits per heavy atom. The molecule has 0 aliphatic carbocycles. The van der Waals surface area contributed by atoms with Crippen LogP contribution in [0.15, 0.2) is 146 Å². The van der Waals surface area contributed by atoms with Gasteiger partial charge >= 0.3 is 0 Å². The monoisotopic (exact) mass is 584 g/mol. The van der Waals surface area contributed by atoms with Crippen molar-refractivity contribution in [3.8, 4) is 34.3 Å². The molecule has 0 amide bonds. The van der Waals surface area contributed by atoms with Crippen molar-refractivity contribution < 1.29 is 4.74 Å². The molecule has 9 aromatic rings. The van der Waals surface area contributed by atoms with Crippen molar-refractivity contribution in [2.45, 2.75) is 0 Å². The number of hydrogen-bond donors (Lipinski definition) is 0. The summed E-state index contributed by atoms with van der Waals surface area (Å²) in [5.41, 5.74) is 5.16. The molecule has 0 aliphatic rings. The van der Waals surface area contributed by atoms with Crippen molar-refractivity contribution in [3.05, 3.63) is 146 Å². The number of benzene rings is 5. The van der Waals surface area contributed by atoms with E-state index in [0.29, 0.717) is 0 Å². The summed E-state index contributed by atoms with van der Waals surface area (Å²) in [6, 6.07) is 45.8. The topological polar surface area (TPSA) is 44.9 Å². The van der Waals surface area contributed by atoms with E-state index in [4.69, 9.17) is 14.8 Å². The molecule has 0 spiro atoms. The van der Waals surface area contributed by atoms with Gasteiger partial charge in [0.2, 0.25) is 0 Å². The zero-order valence-electron chi connectivity index (χ0n) is 23.5. The Morgan fingerprint density at radius 1 is 0.614 bits per heavy atom. The number of ether oxygens (including phenoxy) is 1. The lowest BCUT2D eigenvalue weighted by Crippen LogP contribution is -1.97. The van der Waals surface area contributed by atoms with Crippen LogP contribution in [-0.2, 0) is 0 Å². The summed E-state index contributed by atoms with van der Waals surface area (Å²) in [7, 11) is 0. The highest BCUT2D eigenvalue weighted by Gasteiger charge is 2.19. The maximum Gasteiger partial charge on any atom is 0.137 e. The van der Waals surface area contributed by atoms with Gasteiger partial charge in [-0.25, -0.2) is 9.67 Å². The van der Waals surface area contributed by atoms with Gasteiger partial charge in [-0.1, -0.05) is 66.7 Å². The normalized spacial score (nSPS) is 11.6. The van der Waals surface area contributed by atoms with E-state index in [0.717, 1.165) is 45.2 Å². The molecular weight excluding hydrogens is 561 g/mol. The minimum atomic E-state index is 0.741. The second kappa shape index (κ2) is 9.93. The number of aromatic nitrogens is 4. The second-order valence-corrected chi connectivity index (χ2v) is 11.8. The SMILES string of the molecule is c1ccc(-c2ccn(-c3cccc(Oc4ccc5c6ccc7sc8ccccc8c7c6n(-c6ccccn6)c5c4)c3)n2)cc1. The number of nitrogens with zero attached hydrogens (tertiary/aromatic N) is 4. The molecule has 0 aliphatic heterocycles. The van der Waals surface area contributed by atoms with E-state index in [1.165, 1.54) is 31.1 Å². The Balaban J connectivity index is 1.17. The Morgan fingerprint density at radius 3 is 2.36 bits per heavy atom. The molecule has 0 saturated carbocycles. The highest BCUT2D eigenvalue weighted by atomic mass is 32.1. The lowest BCUT2D eigenvalue weighted by molar-refractivity contribution is 0.483. The van der Waals surface area contributed by atoms with Gasteiger partial charge in [-0.15, -0.1) is 11.3 Å². The van der Waals surface area contributed by atoms with Crippen molar-refractivity contribution in [1.29, 1.82) is 0 Å². The minimum absolute atomic E-state index is 0.741. The maximum absolute atomic E-state index is 6.50. The van der Waals surface area contributed by atoms with Crippen LogP contribution in [0.25, 0.3) is 64.7 Å². The fourth-order valence-electron chi connectivity index (χ4n) is 6.14. The molecule has 4 heterocycles. The fraction of sp³-hybridized carbons (Fsp3) is 0. The van der Waals surface area contributed by atoms with Crippen molar-refractivity contribution in [2.75, 3.05) is 0 Å². The van der Waals surface area contributed by atoms with Crippen LogP contribution in [0.3, 0.4) is 0 Å². The zero-order valence-corrected chi connectivity index (χ0v) is 24.3. The lowest BCUT2D eigenvalue weighted by atomic mass is 10.1. The minimum Gasteiger partial charge on any atom is -0.457 e. The predicted molar refractivity (Wildman–Crippen MR) is 181 cm³/mol. The smallest absolute Gasteiger partial charge is 0.137 e. The fourth-order valence-corrected chi connectivity index (χ4v) is 7.24. The molecule has 5 nitrogen and oxygen atoms in total. The maximum atomic E-state index is 6.50. The molecule has 44 heavy (non-hydrogen) atoms. The van der Waals surface area contributed by atoms with E-state index in [1.54, 1.807) is 0 Å². The zero-order chi connectivity index (χ0) is 29.0. The van der Waals surface area contributed by atoms with Crippen LogP contribution in [0.1, 0.15) is 0 Å². The molecule has 0 fully saturated rings. The molecular formula is C38H24N4OS. The van der Waals surface area contributed by atoms with Gasteiger partial charge in [-0.2, -0.15) is 5.10 Å². The molecule has 0 bridgehead atoms. The first-order valence-corrected chi connectivity index (χ1v) is 15.3. The Labute approximate surface area is 256 Å². The summed E-state index contributed by atoms with van der Waals surface area (Å²) in [4.78, 5) is 4.79. The molecule has 208 valence electrons. The first kappa shape index (κ1) is 24.8. The third-order valence-electron chi connectivity index (χ3n) is 8.09. The molecule has 0 saturated heterocycles. The first-order valence-electron chi connectivity index (χ1n) is 14.5. The molecule has 4 aromatic heterocycles. The third-order valence-corrected chi connectivity index (χ3v) is 9.23. The molecule has 0 atom stereocenters. The summed E-state index contributed by atoms with van der Waals surface area (Å²) >= 11 is 1.83. The summed E-state index contributed by atoms with van der Waals surface area (Å²) in [5, 5.41) is 9.68. The number of rotatable bonds is 5. The van der Waals surface area contributed by atoms with Gasteiger partial charge in [-0.3, -0.25) is 4.57 Å². The van der Waals surface area contributed by atoms with Crippen LogP contribution in [0.4, 0.5) is 0 Å². The number of pyridine rings is 1. The van der Waals surface area contributed by atoms with Crippen LogP contribution in [0.5, 0.6) is 11.5 Å². The van der Waals surface area contributed by atoms with Crippen LogP contribution in [-0.4, -0.2) is 19.3 Å². The van der Waals surface area contributed by atoms with Crippen LogP contribution >= 0.6 is 11.3 Å². The second-order valence-electron chi connectivity index (χ2n) is 10.7. The van der Waals surface area contributed by atoms with E-state index in [2.05, 4.69) is 77.4 Å². The number of thiophene rings is 1. The average Bonchev–Trinajstić information content (AvgIpc) is 3.80. The highest BCUT2D eigenvalue weighted by Crippen LogP contribution is 2.43. The van der Waals surface area contributed by atoms with E-state index in [-0.39, 0.29) is 0 Å². The quantitative estimate of drug-likeness (QED) is 0.202. The van der Waals surface area contributed by atoms with Gasteiger partial charge in [-0.05, 0) is 54.6 Å². The van der Waals surface area contributed by atoms with Crippen LogP contribution in [0.2, 0.25) is 0 Å². The van der Waals surface area contributed by atoms with E-state index < -0.39 is 0 Å². The molecule has 6 heteroatoms. The van der Waals surface area contributed by atoms with Gasteiger partial charge in [0, 0.05) is 61.0 Å². The van der Waals surface area contributed by atoms with Crippen molar-refractivity contribution in [1.82, 2.24) is 19.3 Å². The van der Waals surface area contributed by atoms with E-state index in [1.807, 2.05) is 89.1 Å². The average molecular weight is 585 g/mol. The third kappa shape index (κ3) is 4.00. The highest BCUT2D eigenvalue weighted by molar-refractivity contribution is 7.26. The predicted octanol–water partition coefficient (Wildman–Crippen LogP) is 10.2. The van der Waals surface area contributed by atoms with E-state index >= 15 is 0 Å². The Kier molecular flexibility index (Phi) is 5.61. The summed E-state index contributed by atoms with van der Waals surface area (Å²) in [6.45, 7) is 0. The molecule has 0 N–H and O–H groups in total. The molecule has 0 radical (unpaired) electrons. The van der Waals surface area contributed by atoms with Gasteiger partial charge in [0.25, 0.3) is 0 Å². The Bertz CT molecular complexity index is 2470. The lowest BCUT2D eigenvalue weighted by Gasteiger charge is -2.10. The molecule has 9 rings (SSSR count). The van der Waals surface area contributed by atoms with Gasteiger partial charge in [0.05, 0.1) is 22.4 Å². The summed E-state index contributed by atoms with van der Waals surface area (Å²) in [5.74, 6) is 2.37. The standard InChI is InChI=1S/C38H24N4OS/c1-2-9-25(10-3-1)32-20-22-41(40-32)26-11-8-12-27(23-26)43-28-16-17-29-30-18-19-35-37(31-13-4-5-14-34(31)44-35)38(30)42(33(29)24-28)36-15-6-7-21-39-36/h1-24H. The summed E-state index contributed by atoms with van der Waals surface area (Å²) in [6.07, 6.45) is 3.83. The largest absolute Gasteiger partial charge is 0.457 e. The van der Waals surface area contributed by atoms with Crippen LogP contribution in [0, 0.1) is 0 Å². The number of fused-ring (bicyclic) bond motifs is 7. The van der Waals surface area contributed by atoms with Gasteiger partial charge in [0.15, 0.2) is 0 Å². The molecule has 5 aromatic carbocycles. The molecule has 0 unspecified atom stereocenters. The van der Waals surface area contributed by atoms with Gasteiger partial charge in [0.1, 0.15) is 17.3 Å². The van der Waals surface area contributed by atoms with Crippen molar-refractivity contribution in [3.63, 3.8) is 0 Å². The Hall–Kier alpha value is -5.72. The van der Waals surface area contributed by atoms with E-state index in [9.17, 15) is 0 Å². The summed E-state index contributed by atoms with van der Waals surface area (Å²) < 4.78 is 13.2. The van der Waals surface area contributed by atoms with Gasteiger partial charge < -0.3 is 4.74 Å². The first-order chi connectivity index (χ1) is 21.8.